The van der Waals surface area contributed by atoms with Crippen LogP contribution in [0.1, 0.15) is 26.2 Å². The van der Waals surface area contributed by atoms with Crippen LogP contribution in [0.15, 0.2) is 0 Å². The molecule has 1 fully saturated rings. The highest BCUT2D eigenvalue weighted by molar-refractivity contribution is 5.82. The van der Waals surface area contributed by atoms with E-state index in [1.807, 2.05) is 0 Å². The average molecular weight is 320 g/mol. The van der Waals surface area contributed by atoms with Gasteiger partial charge >= 0.3 is 18.3 Å². The smallest absolute Gasteiger partial charge is 0.344 e. The Morgan fingerprint density at radius 3 is 2.14 bits per heavy atom. The van der Waals surface area contributed by atoms with Crippen molar-refractivity contribution in [3.63, 3.8) is 0 Å². The molecule has 2 amide bonds. The molecule has 1 rings (SSSR count). The van der Waals surface area contributed by atoms with Gasteiger partial charge in [0.05, 0.1) is 0 Å². The molecule has 0 aromatic heterocycles. The van der Waals surface area contributed by atoms with Crippen LogP contribution in [-0.4, -0.2) is 47.7 Å². The number of piperidine rings is 1. The summed E-state index contributed by atoms with van der Waals surface area (Å²) in [4.78, 5) is 22.8. The van der Waals surface area contributed by atoms with Crippen molar-refractivity contribution in [3.8, 4) is 0 Å². The van der Waals surface area contributed by atoms with Crippen LogP contribution in [-0.2, 0) is 9.59 Å². The number of rotatable bonds is 2. The molecule has 0 saturated carbocycles. The molecule has 1 aliphatic rings. The van der Waals surface area contributed by atoms with Gasteiger partial charge in [0, 0.05) is 19.0 Å². The fourth-order valence-electron chi connectivity index (χ4n) is 2.17. The maximum Gasteiger partial charge on any atom is 0.471 e. The Bertz CT molecular complexity index is 406. The van der Waals surface area contributed by atoms with E-state index in [2.05, 4.69) is 0 Å². The van der Waals surface area contributed by atoms with Crippen LogP contribution in [0, 0.1) is 0 Å². The molecule has 0 radical (unpaired) electrons. The van der Waals surface area contributed by atoms with Gasteiger partial charge in [-0.15, -0.1) is 0 Å². The van der Waals surface area contributed by atoms with Gasteiger partial charge in [0.15, 0.2) is 0 Å². The predicted octanol–water partition coefficient (Wildman–Crippen LogP) is 2.00. The highest BCUT2D eigenvalue weighted by Crippen LogP contribution is 2.32. The molecule has 0 aliphatic carbocycles. The van der Waals surface area contributed by atoms with Crippen LogP contribution < -0.4 is 5.32 Å². The van der Waals surface area contributed by atoms with Crippen molar-refractivity contribution < 1.29 is 35.9 Å². The lowest BCUT2D eigenvalue weighted by Crippen LogP contribution is -2.59. The lowest BCUT2D eigenvalue weighted by atomic mass is 9.97. The molecule has 21 heavy (non-hydrogen) atoms. The molecule has 10 heteroatoms. The summed E-state index contributed by atoms with van der Waals surface area (Å²) in [5.41, 5.74) is 0. The second-order valence-electron chi connectivity index (χ2n) is 4.70. The third-order valence-corrected chi connectivity index (χ3v) is 3.18. The van der Waals surface area contributed by atoms with E-state index in [9.17, 15) is 35.9 Å². The molecular formula is C11H14F6N2O2. The zero-order valence-electron chi connectivity index (χ0n) is 11.0. The van der Waals surface area contributed by atoms with Crippen molar-refractivity contribution in [2.24, 2.45) is 0 Å². The predicted molar refractivity (Wildman–Crippen MR) is 59.1 cm³/mol. The number of carbonyl (C=O) groups is 2. The summed E-state index contributed by atoms with van der Waals surface area (Å²) in [5.74, 6) is -3.04. The number of hydrogen-bond donors (Lipinski definition) is 1. The van der Waals surface area contributed by atoms with Crippen LogP contribution in [0.2, 0.25) is 0 Å². The van der Waals surface area contributed by atoms with Crippen molar-refractivity contribution in [3.05, 3.63) is 0 Å². The van der Waals surface area contributed by atoms with E-state index < -0.39 is 49.2 Å². The number of nitrogens with zero attached hydrogens (tertiary/aromatic N) is 1. The quantitative estimate of drug-likeness (QED) is 0.791. The Morgan fingerprint density at radius 1 is 1.14 bits per heavy atom. The molecule has 1 heterocycles. The minimum atomic E-state index is -5.11. The van der Waals surface area contributed by atoms with Gasteiger partial charge in [-0.05, 0) is 12.8 Å². The van der Waals surface area contributed by atoms with Crippen molar-refractivity contribution in [1.29, 1.82) is 0 Å². The third kappa shape index (κ3) is 4.50. The summed E-state index contributed by atoms with van der Waals surface area (Å²) in [6.45, 7) is 0.770. The lowest BCUT2D eigenvalue weighted by molar-refractivity contribution is -0.198. The fraction of sp³-hybridized carbons (Fsp3) is 0.818. The Hall–Kier alpha value is -1.48. The number of nitrogens with one attached hydrogen (secondary N) is 1. The second kappa shape index (κ2) is 6.10. The lowest BCUT2D eigenvalue weighted by Gasteiger charge is -2.40. The molecule has 0 unspecified atom stereocenters. The maximum atomic E-state index is 12.8. The molecule has 1 saturated heterocycles. The summed E-state index contributed by atoms with van der Waals surface area (Å²) in [6, 6.07) is -3.17. The van der Waals surface area contributed by atoms with Gasteiger partial charge in [-0.3, -0.25) is 9.59 Å². The van der Waals surface area contributed by atoms with E-state index in [4.69, 9.17) is 0 Å². The fourth-order valence-corrected chi connectivity index (χ4v) is 2.17. The summed E-state index contributed by atoms with van der Waals surface area (Å²) in [6.07, 6.45) is -10.8. The highest BCUT2D eigenvalue weighted by atomic mass is 19.4. The maximum absolute atomic E-state index is 12.8. The molecule has 1 aliphatic heterocycles. The number of carbonyl (C=O) groups excluding carboxylic acids is 2. The first-order valence-corrected chi connectivity index (χ1v) is 6.20. The number of halogens is 6. The van der Waals surface area contributed by atoms with Crippen molar-refractivity contribution in [2.45, 2.75) is 50.6 Å². The normalized spacial score (nSPS) is 23.9. The largest absolute Gasteiger partial charge is 0.471 e. The molecule has 1 N–H and O–H groups in total. The minimum absolute atomic E-state index is 0.202. The zero-order valence-corrected chi connectivity index (χ0v) is 11.0. The third-order valence-electron chi connectivity index (χ3n) is 3.18. The molecule has 2 atom stereocenters. The van der Waals surface area contributed by atoms with E-state index in [0.717, 1.165) is 0 Å². The first-order chi connectivity index (χ1) is 9.46. The average Bonchev–Trinajstić information content (AvgIpc) is 2.35. The van der Waals surface area contributed by atoms with Crippen LogP contribution >= 0.6 is 0 Å². The van der Waals surface area contributed by atoms with E-state index in [-0.39, 0.29) is 12.8 Å². The monoisotopic (exact) mass is 320 g/mol. The molecule has 0 spiro atoms. The minimum Gasteiger partial charge on any atom is -0.344 e. The van der Waals surface area contributed by atoms with Crippen LogP contribution in [0.25, 0.3) is 0 Å². The molecule has 0 aromatic carbocycles. The van der Waals surface area contributed by atoms with Gasteiger partial charge in [0.1, 0.15) is 6.04 Å². The Morgan fingerprint density at radius 2 is 1.71 bits per heavy atom. The molecule has 122 valence electrons. The van der Waals surface area contributed by atoms with Crippen molar-refractivity contribution in [2.75, 3.05) is 6.54 Å². The topological polar surface area (TPSA) is 49.4 Å². The van der Waals surface area contributed by atoms with Gasteiger partial charge in [-0.25, -0.2) is 0 Å². The van der Waals surface area contributed by atoms with E-state index in [0.29, 0.717) is 4.90 Å². The van der Waals surface area contributed by atoms with Crippen LogP contribution in [0.5, 0.6) is 0 Å². The van der Waals surface area contributed by atoms with Gasteiger partial charge in [0.25, 0.3) is 0 Å². The van der Waals surface area contributed by atoms with Crippen molar-refractivity contribution in [1.82, 2.24) is 10.2 Å². The second-order valence-corrected chi connectivity index (χ2v) is 4.70. The van der Waals surface area contributed by atoms with E-state index in [1.54, 1.807) is 5.32 Å². The first-order valence-electron chi connectivity index (χ1n) is 6.20. The van der Waals surface area contributed by atoms with E-state index >= 15 is 0 Å². The molecule has 0 aromatic rings. The standard InChI is InChI=1S/C11H14F6N2O2/c1-2-8(20)19-5-6(18-9(21)11(15,16)17)3-4-7(19)10(12,13)14/h6-7H,2-5H2,1H3,(H,18,21)/t6-,7+/m0/s1. The van der Waals surface area contributed by atoms with Gasteiger partial charge in [-0.2, -0.15) is 26.3 Å². The Kier molecular flexibility index (Phi) is 5.11. The number of likely N-dealkylation sites (tertiary alicyclic amines) is 1. The zero-order chi connectivity index (χ0) is 16.4. The molecule has 0 bridgehead atoms. The SMILES string of the molecule is CCC(=O)N1C[C@@H](NC(=O)C(F)(F)F)CC[C@@H]1C(F)(F)F. The summed E-state index contributed by atoms with van der Waals surface area (Å²) in [5, 5.41) is 1.61. The highest BCUT2D eigenvalue weighted by Gasteiger charge is 2.48. The summed E-state index contributed by atoms with van der Waals surface area (Å²) in [7, 11) is 0. The van der Waals surface area contributed by atoms with Crippen molar-refractivity contribution >= 4 is 11.8 Å². The van der Waals surface area contributed by atoms with Crippen LogP contribution in [0.4, 0.5) is 26.3 Å². The molecule has 4 nitrogen and oxygen atoms in total. The Labute approximate surface area is 116 Å². The van der Waals surface area contributed by atoms with Crippen LogP contribution in [0.3, 0.4) is 0 Å². The Balaban J connectivity index is 2.80. The summed E-state index contributed by atoms with van der Waals surface area (Å²) < 4.78 is 74.8. The van der Waals surface area contributed by atoms with E-state index in [1.165, 1.54) is 6.92 Å². The number of alkyl halides is 6. The van der Waals surface area contributed by atoms with Gasteiger partial charge in [0.2, 0.25) is 5.91 Å². The van der Waals surface area contributed by atoms with Gasteiger partial charge < -0.3 is 10.2 Å². The van der Waals surface area contributed by atoms with Gasteiger partial charge in [-0.1, -0.05) is 6.92 Å². The first kappa shape index (κ1) is 17.6. The molecular weight excluding hydrogens is 306 g/mol. The number of amides is 2. The summed E-state index contributed by atoms with van der Waals surface area (Å²) >= 11 is 0. The number of hydrogen-bond acceptors (Lipinski definition) is 2.